The summed E-state index contributed by atoms with van der Waals surface area (Å²) in [4.78, 5) is 40.2. The quantitative estimate of drug-likeness (QED) is 0.100. The average molecular weight is 519 g/mol. The lowest BCUT2D eigenvalue weighted by Crippen LogP contribution is -2.08. The molecule has 0 radical (unpaired) electrons. The van der Waals surface area contributed by atoms with Gasteiger partial charge in [-0.1, -0.05) is 41.9 Å². The summed E-state index contributed by atoms with van der Waals surface area (Å²) in [7, 11) is 0. The third-order valence-corrected chi connectivity index (χ3v) is 6.97. The minimum atomic E-state index is -0.701. The van der Waals surface area contributed by atoms with Gasteiger partial charge in [0.05, 0.1) is 9.95 Å². The van der Waals surface area contributed by atoms with Gasteiger partial charge >= 0.3 is 11.9 Å². The number of benzene rings is 3. The molecule has 0 N–H and O–H groups in total. The minimum Gasteiger partial charge on any atom is -0.422 e. The van der Waals surface area contributed by atoms with Crippen LogP contribution in [0.1, 0.15) is 26.4 Å². The second-order valence-corrected chi connectivity index (χ2v) is 9.24. The van der Waals surface area contributed by atoms with Gasteiger partial charge in [0.15, 0.2) is 5.70 Å². The number of aliphatic imine (C=N–C) groups is 1. The van der Waals surface area contributed by atoms with Crippen molar-refractivity contribution in [3.8, 4) is 5.75 Å². The molecule has 0 amide bonds. The van der Waals surface area contributed by atoms with Gasteiger partial charge in [-0.2, -0.15) is 0 Å². The van der Waals surface area contributed by atoms with Crippen LogP contribution >= 0.6 is 22.9 Å². The Labute approximate surface area is 213 Å². The second kappa shape index (κ2) is 9.37. The first-order valence-electron chi connectivity index (χ1n) is 10.6. The number of hydrogen-bond acceptors (Lipinski definition) is 8. The summed E-state index contributed by atoms with van der Waals surface area (Å²) in [6.07, 6.45) is 1.44. The third-order valence-electron chi connectivity index (χ3n) is 5.33. The summed E-state index contributed by atoms with van der Waals surface area (Å²) in [6.45, 7) is 1.96. The van der Waals surface area contributed by atoms with E-state index in [1.54, 1.807) is 24.3 Å². The van der Waals surface area contributed by atoms with E-state index in [9.17, 15) is 19.7 Å². The van der Waals surface area contributed by atoms with Gasteiger partial charge < -0.3 is 9.47 Å². The summed E-state index contributed by atoms with van der Waals surface area (Å²) in [5.41, 5.74) is 1.78. The molecule has 0 saturated carbocycles. The SMILES string of the molecule is Cc1ccc2c(Cl)c(C(=O)Oc3ccccc3/C=C3/N=C(c4ccc([N+](=O)[O-])cc4)OC3=O)sc2c1. The number of carbonyl (C=O) groups excluding carboxylic acids is 2. The number of esters is 2. The van der Waals surface area contributed by atoms with Crippen LogP contribution in [0, 0.1) is 17.0 Å². The Kier molecular flexibility index (Phi) is 6.09. The summed E-state index contributed by atoms with van der Waals surface area (Å²) >= 11 is 7.69. The molecule has 4 aromatic rings. The van der Waals surface area contributed by atoms with Crippen LogP contribution in [-0.4, -0.2) is 22.8 Å². The molecule has 0 atom stereocenters. The molecule has 0 bridgehead atoms. The van der Waals surface area contributed by atoms with E-state index in [-0.39, 0.29) is 27.9 Å². The Morgan fingerprint density at radius 2 is 1.89 bits per heavy atom. The number of carbonyl (C=O) groups is 2. The van der Waals surface area contributed by atoms with Crippen molar-refractivity contribution < 1.29 is 24.0 Å². The minimum absolute atomic E-state index is 0.0118. The molecule has 5 rings (SSSR count). The van der Waals surface area contributed by atoms with E-state index < -0.39 is 16.9 Å². The molecule has 1 aromatic heterocycles. The average Bonchev–Trinajstić information content (AvgIpc) is 3.39. The zero-order chi connectivity index (χ0) is 25.4. The van der Waals surface area contributed by atoms with Gasteiger partial charge in [0.2, 0.25) is 5.90 Å². The van der Waals surface area contributed by atoms with E-state index in [1.807, 2.05) is 25.1 Å². The lowest BCUT2D eigenvalue weighted by Gasteiger charge is -2.07. The van der Waals surface area contributed by atoms with Crippen molar-refractivity contribution in [3.05, 3.63) is 109 Å². The number of thiophene rings is 1. The third kappa shape index (κ3) is 4.49. The van der Waals surface area contributed by atoms with Crippen LogP contribution in [0.15, 0.2) is 77.4 Å². The Balaban J connectivity index is 1.43. The number of para-hydroxylation sites is 1. The maximum atomic E-state index is 13.0. The maximum Gasteiger partial charge on any atom is 0.363 e. The largest absolute Gasteiger partial charge is 0.422 e. The molecule has 10 heteroatoms. The van der Waals surface area contributed by atoms with Crippen molar-refractivity contribution in [1.29, 1.82) is 0 Å². The monoisotopic (exact) mass is 518 g/mol. The number of rotatable bonds is 5. The smallest absolute Gasteiger partial charge is 0.363 e. The van der Waals surface area contributed by atoms with Crippen molar-refractivity contribution in [2.45, 2.75) is 6.92 Å². The molecule has 1 aliphatic heterocycles. The number of non-ortho nitro benzene ring substituents is 1. The molecule has 0 aliphatic carbocycles. The number of nitro benzene ring substituents is 1. The highest BCUT2D eigenvalue weighted by Gasteiger charge is 2.26. The number of fused-ring (bicyclic) bond motifs is 1. The van der Waals surface area contributed by atoms with Crippen LogP contribution < -0.4 is 4.74 Å². The van der Waals surface area contributed by atoms with Gasteiger partial charge in [-0.3, -0.25) is 10.1 Å². The summed E-state index contributed by atoms with van der Waals surface area (Å²) < 4.78 is 11.8. The van der Waals surface area contributed by atoms with Crippen LogP contribution in [0.4, 0.5) is 5.69 Å². The van der Waals surface area contributed by atoms with Crippen LogP contribution in [0.25, 0.3) is 16.2 Å². The molecule has 0 saturated heterocycles. The van der Waals surface area contributed by atoms with Crippen molar-refractivity contribution in [1.82, 2.24) is 0 Å². The van der Waals surface area contributed by atoms with Crippen molar-refractivity contribution in [2.75, 3.05) is 0 Å². The molecule has 178 valence electrons. The maximum absolute atomic E-state index is 13.0. The van der Waals surface area contributed by atoms with E-state index in [4.69, 9.17) is 21.1 Å². The first-order chi connectivity index (χ1) is 17.3. The fourth-order valence-corrected chi connectivity index (χ4v) is 5.03. The van der Waals surface area contributed by atoms with Gasteiger partial charge in [0.1, 0.15) is 10.6 Å². The molecular formula is C26H15ClN2O6S. The highest BCUT2D eigenvalue weighted by Crippen LogP contribution is 2.37. The zero-order valence-corrected chi connectivity index (χ0v) is 20.1. The summed E-state index contributed by atoms with van der Waals surface area (Å²) in [6, 6.07) is 17.9. The Morgan fingerprint density at radius 3 is 2.64 bits per heavy atom. The Bertz CT molecular complexity index is 1620. The first-order valence-corrected chi connectivity index (χ1v) is 11.8. The van der Waals surface area contributed by atoms with Crippen LogP contribution in [0.5, 0.6) is 5.75 Å². The Morgan fingerprint density at radius 1 is 1.14 bits per heavy atom. The van der Waals surface area contributed by atoms with Gasteiger partial charge in [-0.05, 0) is 42.8 Å². The number of nitro groups is 1. The Hall–Kier alpha value is -4.34. The fraction of sp³-hybridized carbons (Fsp3) is 0.0385. The van der Waals surface area contributed by atoms with Crippen molar-refractivity contribution >= 4 is 62.6 Å². The van der Waals surface area contributed by atoms with Gasteiger partial charge in [0.25, 0.3) is 5.69 Å². The molecule has 36 heavy (non-hydrogen) atoms. The first kappa shape index (κ1) is 23.4. The van der Waals surface area contributed by atoms with E-state index in [1.165, 1.54) is 41.7 Å². The number of cyclic esters (lactones) is 1. The number of nitrogens with zero attached hydrogens (tertiary/aromatic N) is 2. The molecule has 3 aromatic carbocycles. The van der Waals surface area contributed by atoms with Crippen molar-refractivity contribution in [3.63, 3.8) is 0 Å². The van der Waals surface area contributed by atoms with E-state index >= 15 is 0 Å². The lowest BCUT2D eigenvalue weighted by atomic mass is 10.1. The van der Waals surface area contributed by atoms with Crippen molar-refractivity contribution in [2.24, 2.45) is 4.99 Å². The van der Waals surface area contributed by atoms with Crippen LogP contribution in [0.3, 0.4) is 0 Å². The lowest BCUT2D eigenvalue weighted by molar-refractivity contribution is -0.384. The number of hydrogen-bond donors (Lipinski definition) is 0. The predicted molar refractivity (Wildman–Crippen MR) is 137 cm³/mol. The molecule has 0 unspecified atom stereocenters. The van der Waals surface area contributed by atoms with E-state index in [0.29, 0.717) is 16.1 Å². The molecule has 0 spiro atoms. The molecule has 1 aliphatic rings. The van der Waals surface area contributed by atoms with Crippen LogP contribution in [0.2, 0.25) is 5.02 Å². The topological polar surface area (TPSA) is 108 Å². The fourth-order valence-electron chi connectivity index (χ4n) is 3.55. The molecular weight excluding hydrogens is 504 g/mol. The molecule has 0 fully saturated rings. The van der Waals surface area contributed by atoms with E-state index in [2.05, 4.69) is 4.99 Å². The summed E-state index contributed by atoms with van der Waals surface area (Å²) in [5.74, 6) is -1.09. The van der Waals surface area contributed by atoms with E-state index in [0.717, 1.165) is 15.6 Å². The zero-order valence-electron chi connectivity index (χ0n) is 18.6. The highest BCUT2D eigenvalue weighted by atomic mass is 35.5. The van der Waals surface area contributed by atoms with Gasteiger partial charge in [-0.25, -0.2) is 14.6 Å². The van der Waals surface area contributed by atoms with Crippen LogP contribution in [-0.2, 0) is 9.53 Å². The number of aryl methyl sites for hydroxylation is 1. The number of halogens is 1. The predicted octanol–water partition coefficient (Wildman–Crippen LogP) is 6.34. The molecule has 8 nitrogen and oxygen atoms in total. The van der Waals surface area contributed by atoms with Gasteiger partial charge in [0, 0.05) is 33.3 Å². The number of ether oxygens (including phenoxy) is 2. The highest BCUT2D eigenvalue weighted by molar-refractivity contribution is 7.21. The molecule has 2 heterocycles. The second-order valence-electron chi connectivity index (χ2n) is 7.81. The summed E-state index contributed by atoms with van der Waals surface area (Å²) in [5, 5.41) is 12.0. The van der Waals surface area contributed by atoms with Gasteiger partial charge in [-0.15, -0.1) is 11.3 Å². The standard InChI is InChI=1S/C26H15ClN2O6S/c1-14-6-11-18-21(12-14)36-23(22(18)27)26(31)34-20-5-3-2-4-16(20)13-19-25(30)35-24(28-19)15-7-9-17(10-8-15)29(32)33/h2-13H,1H3/b19-13+. The normalized spacial score (nSPS) is 14.1.